The van der Waals surface area contributed by atoms with Crippen molar-refractivity contribution in [2.75, 3.05) is 13.6 Å². The quantitative estimate of drug-likeness (QED) is 0.682. The zero-order chi connectivity index (χ0) is 10.6. The summed E-state index contributed by atoms with van der Waals surface area (Å²) in [6.45, 7) is 0.666. The lowest BCUT2D eigenvalue weighted by Gasteiger charge is -2.10. The van der Waals surface area contributed by atoms with Crippen molar-refractivity contribution in [3.8, 4) is 5.75 Å². The second kappa shape index (κ2) is 4.93. The van der Waals surface area contributed by atoms with Crippen LogP contribution in [0.1, 0.15) is 18.1 Å². The van der Waals surface area contributed by atoms with Gasteiger partial charge in [-0.2, -0.15) is 0 Å². The monoisotopic (exact) mass is 199 g/mol. The molecule has 14 heavy (non-hydrogen) atoms. The zero-order valence-electron chi connectivity index (χ0n) is 8.00. The Morgan fingerprint density at radius 1 is 1.50 bits per heavy atom. The normalized spacial score (nSPS) is 12.8. The Hall–Kier alpha value is -1.13. The Morgan fingerprint density at radius 3 is 2.79 bits per heavy atom. The SMILES string of the molecule is CNCCC(O)c1ccc(F)c(O)c1. The van der Waals surface area contributed by atoms with Gasteiger partial charge in [-0.25, -0.2) is 4.39 Å². The van der Waals surface area contributed by atoms with Crippen LogP contribution in [0.25, 0.3) is 0 Å². The molecule has 1 aromatic carbocycles. The van der Waals surface area contributed by atoms with Crippen molar-refractivity contribution in [1.82, 2.24) is 5.32 Å². The van der Waals surface area contributed by atoms with Gasteiger partial charge >= 0.3 is 0 Å². The zero-order valence-corrected chi connectivity index (χ0v) is 8.00. The van der Waals surface area contributed by atoms with Crippen LogP contribution in [-0.2, 0) is 0 Å². The van der Waals surface area contributed by atoms with Crippen LogP contribution in [0.3, 0.4) is 0 Å². The van der Waals surface area contributed by atoms with Gasteiger partial charge in [0.2, 0.25) is 0 Å². The van der Waals surface area contributed by atoms with E-state index < -0.39 is 17.7 Å². The highest BCUT2D eigenvalue weighted by atomic mass is 19.1. The van der Waals surface area contributed by atoms with E-state index in [1.165, 1.54) is 12.1 Å². The summed E-state index contributed by atoms with van der Waals surface area (Å²) in [7, 11) is 1.79. The molecule has 3 nitrogen and oxygen atoms in total. The molecular formula is C10H14FNO2. The number of halogens is 1. The van der Waals surface area contributed by atoms with Gasteiger partial charge in [-0.1, -0.05) is 6.07 Å². The number of aromatic hydroxyl groups is 1. The van der Waals surface area contributed by atoms with E-state index in [0.717, 1.165) is 6.07 Å². The molecule has 3 N–H and O–H groups in total. The summed E-state index contributed by atoms with van der Waals surface area (Å²) in [6.07, 6.45) is -0.143. The summed E-state index contributed by atoms with van der Waals surface area (Å²) in [5.74, 6) is -1.10. The third-order valence-corrected chi connectivity index (χ3v) is 2.02. The van der Waals surface area contributed by atoms with Crippen LogP contribution < -0.4 is 5.32 Å². The summed E-state index contributed by atoms with van der Waals surface area (Å²) < 4.78 is 12.7. The van der Waals surface area contributed by atoms with Gasteiger partial charge in [0.1, 0.15) is 0 Å². The van der Waals surface area contributed by atoms with Crippen LogP contribution in [0, 0.1) is 5.82 Å². The number of aliphatic hydroxyl groups is 1. The van der Waals surface area contributed by atoms with Gasteiger partial charge in [0, 0.05) is 0 Å². The lowest BCUT2D eigenvalue weighted by atomic mass is 10.1. The Morgan fingerprint density at radius 2 is 2.21 bits per heavy atom. The minimum absolute atomic E-state index is 0.425. The van der Waals surface area contributed by atoms with E-state index >= 15 is 0 Å². The van der Waals surface area contributed by atoms with Gasteiger partial charge in [0.25, 0.3) is 0 Å². The Kier molecular flexibility index (Phi) is 3.85. The number of phenolic OH excluding ortho intramolecular Hbond substituents is 1. The van der Waals surface area contributed by atoms with Crippen LogP contribution >= 0.6 is 0 Å². The molecule has 0 fully saturated rings. The summed E-state index contributed by atoms with van der Waals surface area (Å²) in [5.41, 5.74) is 0.527. The topological polar surface area (TPSA) is 52.5 Å². The van der Waals surface area contributed by atoms with E-state index in [4.69, 9.17) is 5.11 Å². The molecule has 0 radical (unpaired) electrons. The molecule has 0 saturated heterocycles. The molecule has 1 unspecified atom stereocenters. The lowest BCUT2D eigenvalue weighted by molar-refractivity contribution is 0.167. The number of benzene rings is 1. The predicted molar refractivity (Wildman–Crippen MR) is 51.6 cm³/mol. The van der Waals surface area contributed by atoms with Crippen LogP contribution in [0.15, 0.2) is 18.2 Å². The molecule has 0 bridgehead atoms. The molecule has 78 valence electrons. The summed E-state index contributed by atoms with van der Waals surface area (Å²) in [6, 6.07) is 3.86. The largest absolute Gasteiger partial charge is 0.505 e. The van der Waals surface area contributed by atoms with Crippen molar-refractivity contribution < 1.29 is 14.6 Å². The first-order chi connectivity index (χ1) is 6.65. The standard InChI is InChI=1S/C10H14FNO2/c1-12-5-4-9(13)7-2-3-8(11)10(14)6-7/h2-3,6,9,12-14H,4-5H2,1H3. The van der Waals surface area contributed by atoms with E-state index in [2.05, 4.69) is 5.32 Å². The second-order valence-corrected chi connectivity index (χ2v) is 3.12. The molecule has 0 aliphatic carbocycles. The lowest BCUT2D eigenvalue weighted by Crippen LogP contribution is -2.11. The molecule has 1 aromatic rings. The van der Waals surface area contributed by atoms with Crippen molar-refractivity contribution in [2.24, 2.45) is 0 Å². The third-order valence-electron chi connectivity index (χ3n) is 2.02. The first kappa shape index (κ1) is 10.9. The van der Waals surface area contributed by atoms with Crippen molar-refractivity contribution >= 4 is 0 Å². The Bertz CT molecular complexity index is 304. The first-order valence-corrected chi connectivity index (χ1v) is 4.46. The van der Waals surface area contributed by atoms with Crippen molar-refractivity contribution in [3.05, 3.63) is 29.6 Å². The highest BCUT2D eigenvalue weighted by molar-refractivity contribution is 5.30. The van der Waals surface area contributed by atoms with Gasteiger partial charge in [-0.05, 0) is 37.7 Å². The van der Waals surface area contributed by atoms with Gasteiger partial charge in [-0.3, -0.25) is 0 Å². The van der Waals surface area contributed by atoms with E-state index in [-0.39, 0.29) is 0 Å². The number of rotatable bonds is 4. The first-order valence-electron chi connectivity index (χ1n) is 4.46. The smallest absolute Gasteiger partial charge is 0.164 e. The van der Waals surface area contributed by atoms with Crippen LogP contribution in [0.4, 0.5) is 4.39 Å². The maximum absolute atomic E-state index is 12.7. The second-order valence-electron chi connectivity index (χ2n) is 3.12. The van der Waals surface area contributed by atoms with Crippen molar-refractivity contribution in [3.63, 3.8) is 0 Å². The van der Waals surface area contributed by atoms with Gasteiger partial charge in [0.05, 0.1) is 6.10 Å². The third kappa shape index (κ3) is 2.68. The van der Waals surface area contributed by atoms with E-state index in [1.54, 1.807) is 7.05 Å². The molecule has 4 heteroatoms. The van der Waals surface area contributed by atoms with E-state index in [0.29, 0.717) is 18.5 Å². The molecule has 0 aromatic heterocycles. The molecule has 1 atom stereocenters. The molecule has 1 rings (SSSR count). The molecule has 0 heterocycles. The molecule has 0 spiro atoms. The minimum Gasteiger partial charge on any atom is -0.505 e. The molecule has 0 amide bonds. The number of phenols is 1. The Balaban J connectivity index is 2.70. The summed E-state index contributed by atoms with van der Waals surface area (Å²) >= 11 is 0. The molecule has 0 aliphatic rings. The van der Waals surface area contributed by atoms with E-state index in [1.807, 2.05) is 0 Å². The fourth-order valence-electron chi connectivity index (χ4n) is 1.18. The molecule has 0 saturated carbocycles. The summed E-state index contributed by atoms with van der Waals surface area (Å²) in [5, 5.41) is 21.6. The Labute approximate surface area is 82.2 Å². The molecule has 0 aliphatic heterocycles. The highest BCUT2D eigenvalue weighted by Crippen LogP contribution is 2.22. The highest BCUT2D eigenvalue weighted by Gasteiger charge is 2.09. The maximum atomic E-state index is 12.7. The predicted octanol–water partition coefficient (Wildman–Crippen LogP) is 1.17. The molecular weight excluding hydrogens is 185 g/mol. The number of nitrogens with one attached hydrogen (secondary N) is 1. The number of hydrogen-bond donors (Lipinski definition) is 3. The van der Waals surface area contributed by atoms with Crippen molar-refractivity contribution in [2.45, 2.75) is 12.5 Å². The minimum atomic E-state index is -0.672. The van der Waals surface area contributed by atoms with Crippen LogP contribution in [-0.4, -0.2) is 23.8 Å². The average molecular weight is 199 g/mol. The fraction of sp³-hybridized carbons (Fsp3) is 0.400. The number of aliphatic hydroxyl groups excluding tert-OH is 1. The number of hydrogen-bond acceptors (Lipinski definition) is 3. The maximum Gasteiger partial charge on any atom is 0.164 e. The fourth-order valence-corrected chi connectivity index (χ4v) is 1.18. The van der Waals surface area contributed by atoms with Crippen LogP contribution in [0.5, 0.6) is 5.75 Å². The summed E-state index contributed by atoms with van der Waals surface area (Å²) in [4.78, 5) is 0. The van der Waals surface area contributed by atoms with Crippen molar-refractivity contribution in [1.29, 1.82) is 0 Å². The van der Waals surface area contributed by atoms with Gasteiger partial charge in [0.15, 0.2) is 11.6 Å². The van der Waals surface area contributed by atoms with Crippen LogP contribution in [0.2, 0.25) is 0 Å². The van der Waals surface area contributed by atoms with Gasteiger partial charge < -0.3 is 15.5 Å². The van der Waals surface area contributed by atoms with E-state index in [9.17, 15) is 9.50 Å². The van der Waals surface area contributed by atoms with Gasteiger partial charge in [-0.15, -0.1) is 0 Å². The average Bonchev–Trinajstić information content (AvgIpc) is 2.18.